The highest BCUT2D eigenvalue weighted by Crippen LogP contribution is 2.29. The van der Waals surface area contributed by atoms with Crippen LogP contribution < -0.4 is 5.32 Å². The quantitative estimate of drug-likeness (QED) is 0.717. The van der Waals surface area contributed by atoms with Crippen molar-refractivity contribution in [3.05, 3.63) is 62.4 Å². The Morgan fingerprint density at radius 3 is 2.81 bits per heavy atom. The van der Waals surface area contributed by atoms with Crippen molar-refractivity contribution in [1.29, 1.82) is 0 Å². The number of aryl methyl sites for hydroxylation is 1. The molecule has 0 spiro atoms. The fourth-order valence-electron chi connectivity index (χ4n) is 2.56. The molecule has 0 fully saturated rings. The van der Waals surface area contributed by atoms with Gasteiger partial charge >= 0.3 is 0 Å². The number of nitrogens with one attached hydrogen (secondary N) is 1. The minimum Gasteiger partial charge on any atom is -0.311 e. The van der Waals surface area contributed by atoms with Gasteiger partial charge in [0.2, 0.25) is 0 Å². The molecule has 0 bridgehead atoms. The highest BCUT2D eigenvalue weighted by atomic mass is 79.9. The van der Waals surface area contributed by atoms with E-state index in [2.05, 4.69) is 63.9 Å². The predicted octanol–water partition coefficient (Wildman–Crippen LogP) is 4.87. The maximum absolute atomic E-state index is 4.84. The number of hydrogen-bond acceptors (Lipinski definition) is 3. The van der Waals surface area contributed by atoms with E-state index in [9.17, 15) is 0 Å². The van der Waals surface area contributed by atoms with Crippen LogP contribution in [0.5, 0.6) is 0 Å². The largest absolute Gasteiger partial charge is 0.311 e. The second-order valence-corrected chi connectivity index (χ2v) is 6.97. The molecule has 3 rings (SSSR count). The van der Waals surface area contributed by atoms with Crippen LogP contribution in [0.2, 0.25) is 0 Å². The molecular formula is C17H17BrN2S. The molecule has 0 aliphatic rings. The lowest BCUT2D eigenvalue weighted by atomic mass is 10.0. The molecule has 2 nitrogen and oxygen atoms in total. The van der Waals surface area contributed by atoms with Crippen molar-refractivity contribution in [2.75, 3.05) is 7.05 Å². The molecule has 3 aromatic rings. The number of hydrogen-bond donors (Lipinski definition) is 1. The molecule has 1 aromatic carbocycles. The van der Waals surface area contributed by atoms with E-state index in [0.29, 0.717) is 0 Å². The van der Waals surface area contributed by atoms with Crippen molar-refractivity contribution in [2.45, 2.75) is 19.4 Å². The highest BCUT2D eigenvalue weighted by molar-refractivity contribution is 9.10. The molecule has 0 amide bonds. The number of likely N-dealkylation sites (N-methyl/N-ethyl adjacent to an activating group) is 1. The number of benzene rings is 1. The normalized spacial score (nSPS) is 12.7. The van der Waals surface area contributed by atoms with Crippen LogP contribution in [0.3, 0.4) is 0 Å². The van der Waals surface area contributed by atoms with E-state index >= 15 is 0 Å². The van der Waals surface area contributed by atoms with Gasteiger partial charge in [0.05, 0.1) is 17.3 Å². The second kappa shape index (κ2) is 6.26. The zero-order valence-electron chi connectivity index (χ0n) is 12.1. The van der Waals surface area contributed by atoms with Crippen LogP contribution in [0.15, 0.2) is 46.3 Å². The molecule has 4 heteroatoms. The third-order valence-corrected chi connectivity index (χ3v) is 5.68. The highest BCUT2D eigenvalue weighted by Gasteiger charge is 2.15. The summed E-state index contributed by atoms with van der Waals surface area (Å²) in [6.45, 7) is 2.15. The summed E-state index contributed by atoms with van der Waals surface area (Å²) in [6.07, 6.45) is 0.944. The molecule has 1 atom stereocenters. The summed E-state index contributed by atoms with van der Waals surface area (Å²) in [7, 11) is 2.00. The van der Waals surface area contributed by atoms with Crippen molar-refractivity contribution < 1.29 is 0 Å². The van der Waals surface area contributed by atoms with E-state index in [1.165, 1.54) is 20.3 Å². The summed E-state index contributed by atoms with van der Waals surface area (Å²) in [4.78, 5) is 6.19. The molecule has 0 saturated carbocycles. The Balaban J connectivity index is 1.99. The first-order valence-corrected chi connectivity index (χ1v) is 8.61. The molecule has 0 aliphatic heterocycles. The van der Waals surface area contributed by atoms with Crippen molar-refractivity contribution in [3.63, 3.8) is 0 Å². The number of rotatable bonds is 4. The van der Waals surface area contributed by atoms with Gasteiger partial charge in [0.25, 0.3) is 0 Å². The van der Waals surface area contributed by atoms with Gasteiger partial charge in [0.1, 0.15) is 0 Å². The Kier molecular flexibility index (Phi) is 4.38. The number of fused-ring (bicyclic) bond motifs is 1. The van der Waals surface area contributed by atoms with E-state index in [-0.39, 0.29) is 6.04 Å². The Morgan fingerprint density at radius 1 is 1.29 bits per heavy atom. The van der Waals surface area contributed by atoms with Gasteiger partial charge in [-0.05, 0) is 59.0 Å². The molecule has 21 heavy (non-hydrogen) atoms. The van der Waals surface area contributed by atoms with E-state index in [1.54, 1.807) is 11.3 Å². The Labute approximate surface area is 137 Å². The zero-order chi connectivity index (χ0) is 14.8. The van der Waals surface area contributed by atoms with Crippen molar-refractivity contribution in [3.8, 4) is 0 Å². The van der Waals surface area contributed by atoms with Crippen LogP contribution in [0.25, 0.3) is 10.9 Å². The van der Waals surface area contributed by atoms with Crippen molar-refractivity contribution >= 4 is 38.2 Å². The maximum atomic E-state index is 4.84. The van der Waals surface area contributed by atoms with Gasteiger partial charge in [-0.3, -0.25) is 4.98 Å². The third-order valence-electron chi connectivity index (χ3n) is 3.73. The molecule has 108 valence electrons. The molecule has 1 unspecified atom stereocenters. The summed E-state index contributed by atoms with van der Waals surface area (Å²) in [5.41, 5.74) is 3.45. The van der Waals surface area contributed by atoms with Gasteiger partial charge in [-0.1, -0.05) is 18.2 Å². The van der Waals surface area contributed by atoms with Crippen molar-refractivity contribution in [2.24, 2.45) is 0 Å². The van der Waals surface area contributed by atoms with Crippen LogP contribution in [-0.4, -0.2) is 12.0 Å². The Bertz CT molecular complexity index is 766. The lowest BCUT2D eigenvalue weighted by Gasteiger charge is -2.17. The van der Waals surface area contributed by atoms with E-state index < -0.39 is 0 Å². The average molecular weight is 361 g/mol. The first-order chi connectivity index (χ1) is 10.2. The molecule has 0 saturated heterocycles. The fraction of sp³-hybridized carbons (Fsp3) is 0.235. The monoisotopic (exact) mass is 360 g/mol. The number of aromatic nitrogens is 1. The Hall–Kier alpha value is -1.23. The number of halogens is 1. The maximum Gasteiger partial charge on any atom is 0.0708 e. The number of pyridine rings is 1. The minimum atomic E-state index is 0.225. The van der Waals surface area contributed by atoms with Crippen LogP contribution in [0, 0.1) is 6.92 Å². The molecule has 2 heterocycles. The van der Waals surface area contributed by atoms with Crippen molar-refractivity contribution in [1.82, 2.24) is 10.3 Å². The molecule has 0 aliphatic carbocycles. The number of para-hydroxylation sites is 1. The Morgan fingerprint density at radius 2 is 2.10 bits per heavy atom. The molecule has 0 radical (unpaired) electrons. The lowest BCUT2D eigenvalue weighted by Crippen LogP contribution is -2.20. The fourth-order valence-corrected chi connectivity index (χ4v) is 4.13. The average Bonchev–Trinajstić information content (AvgIpc) is 2.90. The molecular weight excluding hydrogens is 344 g/mol. The van der Waals surface area contributed by atoms with Crippen LogP contribution >= 0.6 is 27.3 Å². The first-order valence-electron chi connectivity index (χ1n) is 6.94. The van der Waals surface area contributed by atoms with Gasteiger partial charge in [-0.25, -0.2) is 0 Å². The SMILES string of the molecule is CNC(Cc1sccc1Br)c1cc(C)c2ccccc2n1. The smallest absolute Gasteiger partial charge is 0.0708 e. The van der Waals surface area contributed by atoms with Gasteiger partial charge in [-0.15, -0.1) is 11.3 Å². The standard InChI is InChI=1S/C17H17BrN2S/c1-11-9-16(20-14-6-4-3-5-12(11)14)15(19-2)10-17-13(18)7-8-21-17/h3-9,15,19H,10H2,1-2H3. The topological polar surface area (TPSA) is 24.9 Å². The van der Waals surface area contributed by atoms with Gasteiger partial charge in [0.15, 0.2) is 0 Å². The summed E-state index contributed by atoms with van der Waals surface area (Å²) in [5, 5.41) is 6.75. The summed E-state index contributed by atoms with van der Waals surface area (Å²) < 4.78 is 1.19. The van der Waals surface area contributed by atoms with Gasteiger partial charge in [-0.2, -0.15) is 0 Å². The second-order valence-electron chi connectivity index (χ2n) is 5.12. The third kappa shape index (κ3) is 3.03. The summed E-state index contributed by atoms with van der Waals surface area (Å²) >= 11 is 5.39. The summed E-state index contributed by atoms with van der Waals surface area (Å²) in [6, 6.07) is 12.9. The van der Waals surface area contributed by atoms with Crippen LogP contribution in [0.4, 0.5) is 0 Å². The number of thiophene rings is 1. The zero-order valence-corrected chi connectivity index (χ0v) is 14.5. The predicted molar refractivity (Wildman–Crippen MR) is 94.0 cm³/mol. The molecule has 2 aromatic heterocycles. The summed E-state index contributed by atoms with van der Waals surface area (Å²) in [5.74, 6) is 0. The van der Waals surface area contributed by atoms with E-state index in [4.69, 9.17) is 4.98 Å². The number of nitrogens with zero attached hydrogens (tertiary/aromatic N) is 1. The first kappa shape index (κ1) is 14.7. The van der Waals surface area contributed by atoms with Gasteiger partial charge < -0.3 is 5.32 Å². The van der Waals surface area contributed by atoms with Gasteiger partial charge in [0, 0.05) is 21.2 Å². The van der Waals surface area contributed by atoms with Crippen LogP contribution in [-0.2, 0) is 6.42 Å². The van der Waals surface area contributed by atoms with E-state index in [0.717, 1.165) is 17.6 Å². The molecule has 1 N–H and O–H groups in total. The van der Waals surface area contributed by atoms with Crippen LogP contribution in [0.1, 0.15) is 22.2 Å². The lowest BCUT2D eigenvalue weighted by molar-refractivity contribution is 0.581. The van der Waals surface area contributed by atoms with E-state index in [1.807, 2.05) is 13.1 Å². The minimum absolute atomic E-state index is 0.225.